The zero-order valence-electron chi connectivity index (χ0n) is 13.1. The standard InChI is InChI=1S/C6H14.C4H10.C3H8.C2H6/c1-4-6(3)5-2;1-3-4-2;1-3-2;1-2/h6H,4-5H2,1-3H3;3-4H2,1-2H3;3H2,1-2H3;1-2H3. The van der Waals surface area contributed by atoms with Gasteiger partial charge in [0.1, 0.15) is 0 Å². The first-order chi connectivity index (χ1) is 7.14. The molecule has 98 valence electrons. The predicted molar refractivity (Wildman–Crippen MR) is 77.6 cm³/mol. The van der Waals surface area contributed by atoms with E-state index in [0.717, 1.165) is 5.92 Å². The van der Waals surface area contributed by atoms with Crippen LogP contribution in [0, 0.1) is 5.92 Å². The number of hydrogen-bond acceptors (Lipinski definition) is 0. The molecule has 0 atom stereocenters. The number of rotatable bonds is 3. The lowest BCUT2D eigenvalue weighted by Gasteiger charge is -1.98. The zero-order chi connectivity index (χ0) is 13.1. The Morgan fingerprint density at radius 3 is 0.867 bits per heavy atom. The van der Waals surface area contributed by atoms with Crippen molar-refractivity contribution in [1.29, 1.82) is 0 Å². The average Bonchev–Trinajstić information content (AvgIpc) is 2.32. The highest BCUT2D eigenvalue weighted by Gasteiger charge is 1.88. The zero-order valence-corrected chi connectivity index (χ0v) is 13.1. The van der Waals surface area contributed by atoms with Gasteiger partial charge in [-0.3, -0.25) is 0 Å². The Hall–Kier alpha value is 0. The van der Waals surface area contributed by atoms with E-state index < -0.39 is 0 Å². The topological polar surface area (TPSA) is 0 Å². The molecule has 0 N–H and O–H groups in total. The van der Waals surface area contributed by atoms with Gasteiger partial charge in [-0.25, -0.2) is 0 Å². The first-order valence-corrected chi connectivity index (χ1v) is 7.14. The maximum absolute atomic E-state index is 2.28. The highest BCUT2D eigenvalue weighted by atomic mass is 13.9. The van der Waals surface area contributed by atoms with Crippen LogP contribution in [0.25, 0.3) is 0 Å². The molecular formula is C15H38. The first-order valence-electron chi connectivity index (χ1n) is 7.14. The summed E-state index contributed by atoms with van der Waals surface area (Å²) >= 11 is 0. The Balaban J connectivity index is -0.0000000590. The fraction of sp³-hybridized carbons (Fsp3) is 1.00. The quantitative estimate of drug-likeness (QED) is 0.495. The van der Waals surface area contributed by atoms with Gasteiger partial charge < -0.3 is 0 Å². The molecule has 0 spiro atoms. The molecule has 0 aliphatic heterocycles. The fourth-order valence-electron chi connectivity index (χ4n) is 0.289. The maximum Gasteiger partial charge on any atom is -0.0448 e. The Morgan fingerprint density at radius 1 is 0.667 bits per heavy atom. The SMILES string of the molecule is CC.CCC.CCC(C)CC.CCCC. The third-order valence-corrected chi connectivity index (χ3v) is 1.89. The molecule has 0 aromatic heterocycles. The maximum atomic E-state index is 2.28. The van der Waals surface area contributed by atoms with Crippen molar-refractivity contribution >= 4 is 0 Å². The van der Waals surface area contributed by atoms with Gasteiger partial charge in [0.05, 0.1) is 0 Å². The van der Waals surface area contributed by atoms with E-state index >= 15 is 0 Å². The molecule has 0 bridgehead atoms. The summed E-state index contributed by atoms with van der Waals surface area (Å²) in [6.07, 6.45) is 6.55. The van der Waals surface area contributed by atoms with Crippen LogP contribution in [0.5, 0.6) is 0 Å². The second-order valence-corrected chi connectivity index (χ2v) is 3.63. The molecule has 0 aromatic rings. The summed E-state index contributed by atoms with van der Waals surface area (Å²) in [7, 11) is 0. The van der Waals surface area contributed by atoms with E-state index in [0.29, 0.717) is 0 Å². The van der Waals surface area contributed by atoms with Crippen molar-refractivity contribution in [3.8, 4) is 0 Å². The van der Waals surface area contributed by atoms with Crippen LogP contribution in [0.4, 0.5) is 0 Å². The Bertz CT molecular complexity index is 42.0. The summed E-state index contributed by atoms with van der Waals surface area (Å²) in [5.74, 6) is 0.935. The van der Waals surface area contributed by atoms with Crippen LogP contribution in [0.1, 0.15) is 94.4 Å². The summed E-state index contributed by atoms with van der Waals surface area (Å²) in [6, 6.07) is 0. The van der Waals surface area contributed by atoms with Gasteiger partial charge in [-0.2, -0.15) is 0 Å². The summed E-state index contributed by atoms with van der Waals surface area (Å²) in [6.45, 7) is 19.3. The van der Waals surface area contributed by atoms with Gasteiger partial charge in [0.2, 0.25) is 0 Å². The van der Waals surface area contributed by atoms with Crippen molar-refractivity contribution in [2.24, 2.45) is 5.92 Å². The van der Waals surface area contributed by atoms with E-state index in [-0.39, 0.29) is 0 Å². The van der Waals surface area contributed by atoms with Crippen LogP contribution < -0.4 is 0 Å². The molecule has 0 radical (unpaired) electrons. The highest BCUT2D eigenvalue weighted by Crippen LogP contribution is 2.02. The molecule has 0 saturated carbocycles. The second kappa shape index (κ2) is 37.0. The minimum absolute atomic E-state index is 0.935. The largest absolute Gasteiger partial charge is 0.0683 e. The minimum atomic E-state index is 0.935. The molecule has 0 nitrogen and oxygen atoms in total. The third kappa shape index (κ3) is 80.6. The van der Waals surface area contributed by atoms with Crippen LogP contribution in [0.2, 0.25) is 0 Å². The highest BCUT2D eigenvalue weighted by molar-refractivity contribution is 4.41. The third-order valence-electron chi connectivity index (χ3n) is 1.89. The average molecular weight is 218 g/mol. The van der Waals surface area contributed by atoms with Gasteiger partial charge in [-0.05, 0) is 5.92 Å². The summed E-state index contributed by atoms with van der Waals surface area (Å²) < 4.78 is 0. The van der Waals surface area contributed by atoms with Crippen LogP contribution >= 0.6 is 0 Å². The molecule has 15 heavy (non-hydrogen) atoms. The first kappa shape index (κ1) is 24.3. The molecule has 0 heterocycles. The summed E-state index contributed by atoms with van der Waals surface area (Å²) in [5.41, 5.74) is 0. The fourth-order valence-corrected chi connectivity index (χ4v) is 0.289. The summed E-state index contributed by atoms with van der Waals surface area (Å²) in [5, 5.41) is 0. The van der Waals surface area contributed by atoms with E-state index in [1.807, 2.05) is 13.8 Å². The van der Waals surface area contributed by atoms with Crippen LogP contribution in [0.15, 0.2) is 0 Å². The molecular weight excluding hydrogens is 180 g/mol. The molecule has 0 aliphatic rings. The predicted octanol–water partition coefficient (Wildman–Crippen LogP) is 6.69. The van der Waals surface area contributed by atoms with Crippen LogP contribution in [-0.4, -0.2) is 0 Å². The van der Waals surface area contributed by atoms with Gasteiger partial charge in [0.15, 0.2) is 0 Å². The Morgan fingerprint density at radius 2 is 0.867 bits per heavy atom. The Labute approximate surface area is 101 Å². The normalized spacial score (nSPS) is 7.60. The lowest BCUT2D eigenvalue weighted by atomic mass is 10.1. The monoisotopic (exact) mass is 218 g/mol. The molecule has 0 unspecified atom stereocenters. The van der Waals surface area contributed by atoms with Crippen molar-refractivity contribution in [2.75, 3.05) is 0 Å². The van der Waals surface area contributed by atoms with Crippen molar-refractivity contribution in [2.45, 2.75) is 94.4 Å². The smallest absolute Gasteiger partial charge is 0.0448 e. The lowest BCUT2D eigenvalue weighted by Crippen LogP contribution is -1.85. The molecule has 0 saturated heterocycles. The van der Waals surface area contributed by atoms with E-state index in [4.69, 9.17) is 0 Å². The van der Waals surface area contributed by atoms with Gasteiger partial charge in [-0.1, -0.05) is 94.4 Å². The van der Waals surface area contributed by atoms with Crippen LogP contribution in [-0.2, 0) is 0 Å². The van der Waals surface area contributed by atoms with Crippen molar-refractivity contribution in [1.82, 2.24) is 0 Å². The minimum Gasteiger partial charge on any atom is -0.0683 e. The van der Waals surface area contributed by atoms with E-state index in [2.05, 4.69) is 48.5 Å². The molecule has 0 heteroatoms. The Kier molecular flexibility index (Phi) is 59.9. The van der Waals surface area contributed by atoms with Crippen molar-refractivity contribution in [3.05, 3.63) is 0 Å². The molecule has 0 rings (SSSR count). The van der Waals surface area contributed by atoms with Crippen LogP contribution in [0.3, 0.4) is 0 Å². The lowest BCUT2D eigenvalue weighted by molar-refractivity contribution is 0.544. The van der Waals surface area contributed by atoms with E-state index in [9.17, 15) is 0 Å². The summed E-state index contributed by atoms with van der Waals surface area (Å²) in [4.78, 5) is 0. The molecule has 0 aromatic carbocycles. The van der Waals surface area contributed by atoms with Gasteiger partial charge in [0.25, 0.3) is 0 Å². The molecule has 0 aliphatic carbocycles. The van der Waals surface area contributed by atoms with Gasteiger partial charge in [0, 0.05) is 0 Å². The molecule has 0 amide bonds. The van der Waals surface area contributed by atoms with Gasteiger partial charge in [-0.15, -0.1) is 0 Å². The number of unbranched alkanes of at least 4 members (excludes halogenated alkanes) is 1. The van der Waals surface area contributed by atoms with Crippen molar-refractivity contribution < 1.29 is 0 Å². The second-order valence-electron chi connectivity index (χ2n) is 3.63. The van der Waals surface area contributed by atoms with E-state index in [1.54, 1.807) is 0 Å². The van der Waals surface area contributed by atoms with Crippen molar-refractivity contribution in [3.63, 3.8) is 0 Å². The molecule has 0 fully saturated rings. The number of hydrogen-bond donors (Lipinski definition) is 0. The van der Waals surface area contributed by atoms with Gasteiger partial charge >= 0.3 is 0 Å². The van der Waals surface area contributed by atoms with E-state index in [1.165, 1.54) is 32.1 Å².